The van der Waals surface area contributed by atoms with Crippen LogP contribution in [0.4, 0.5) is 4.39 Å². The van der Waals surface area contributed by atoms with E-state index in [4.69, 9.17) is 4.74 Å². The van der Waals surface area contributed by atoms with E-state index in [1.807, 2.05) is 4.90 Å². The Morgan fingerprint density at radius 1 is 1.25 bits per heavy atom. The Hall–Kier alpha value is -2.21. The SMILES string of the molecule is O=C(c1ccn(-c2cccc(F)c2)n1)N1CCO[C@H]2CCCC[C@@H]21. The fraction of sp³-hybridized carbons (Fsp3) is 0.444. The van der Waals surface area contributed by atoms with Crippen LogP contribution in [0.25, 0.3) is 5.69 Å². The van der Waals surface area contributed by atoms with Crippen molar-refractivity contribution >= 4 is 5.91 Å². The third-order valence-electron chi connectivity index (χ3n) is 4.87. The molecule has 126 valence electrons. The predicted octanol–water partition coefficient (Wildman–Crippen LogP) is 2.80. The Labute approximate surface area is 140 Å². The number of rotatable bonds is 2. The van der Waals surface area contributed by atoms with E-state index in [1.165, 1.54) is 16.8 Å². The molecule has 2 atom stereocenters. The maximum absolute atomic E-state index is 13.4. The van der Waals surface area contributed by atoms with E-state index < -0.39 is 0 Å². The number of morpholine rings is 1. The van der Waals surface area contributed by atoms with E-state index >= 15 is 0 Å². The summed E-state index contributed by atoms with van der Waals surface area (Å²) in [5.41, 5.74) is 0.997. The molecule has 0 unspecified atom stereocenters. The largest absolute Gasteiger partial charge is 0.374 e. The second-order valence-corrected chi connectivity index (χ2v) is 6.39. The quantitative estimate of drug-likeness (QED) is 0.851. The molecule has 0 bridgehead atoms. The molecule has 6 heteroatoms. The van der Waals surface area contributed by atoms with Crippen LogP contribution >= 0.6 is 0 Å². The molecule has 24 heavy (non-hydrogen) atoms. The normalized spacial score (nSPS) is 23.8. The van der Waals surface area contributed by atoms with Crippen LogP contribution in [0.2, 0.25) is 0 Å². The van der Waals surface area contributed by atoms with Gasteiger partial charge in [0.15, 0.2) is 5.69 Å². The van der Waals surface area contributed by atoms with Gasteiger partial charge in [-0.15, -0.1) is 0 Å². The number of hydrogen-bond acceptors (Lipinski definition) is 3. The number of ether oxygens (including phenoxy) is 1. The molecule has 2 fully saturated rings. The highest BCUT2D eigenvalue weighted by Gasteiger charge is 2.37. The maximum atomic E-state index is 13.4. The van der Waals surface area contributed by atoms with Crippen molar-refractivity contribution in [2.75, 3.05) is 13.2 Å². The summed E-state index contributed by atoms with van der Waals surface area (Å²) >= 11 is 0. The van der Waals surface area contributed by atoms with Gasteiger partial charge < -0.3 is 9.64 Å². The summed E-state index contributed by atoms with van der Waals surface area (Å²) in [5.74, 6) is -0.389. The predicted molar refractivity (Wildman–Crippen MR) is 86.6 cm³/mol. The molecule has 1 saturated carbocycles. The van der Waals surface area contributed by atoms with Gasteiger partial charge in [0.2, 0.25) is 0 Å². The second kappa shape index (κ2) is 6.36. The lowest BCUT2D eigenvalue weighted by molar-refractivity contribution is -0.0754. The zero-order valence-corrected chi connectivity index (χ0v) is 13.4. The lowest BCUT2D eigenvalue weighted by atomic mass is 9.90. The second-order valence-electron chi connectivity index (χ2n) is 6.39. The molecular weight excluding hydrogens is 309 g/mol. The molecule has 1 aromatic carbocycles. The molecule has 2 heterocycles. The van der Waals surface area contributed by atoms with Gasteiger partial charge in [0.25, 0.3) is 5.91 Å². The standard InChI is InChI=1S/C18H20FN3O2/c19-13-4-3-5-14(12-13)22-9-8-15(20-22)18(23)21-10-11-24-17-7-2-1-6-16(17)21/h3-5,8-9,12,16-17H,1-2,6-7,10-11H2/t16-,17-/m0/s1. The van der Waals surface area contributed by atoms with Gasteiger partial charge in [-0.3, -0.25) is 4.79 Å². The maximum Gasteiger partial charge on any atom is 0.274 e. The van der Waals surface area contributed by atoms with Crippen molar-refractivity contribution in [3.8, 4) is 5.69 Å². The van der Waals surface area contributed by atoms with E-state index in [2.05, 4.69) is 5.10 Å². The monoisotopic (exact) mass is 329 g/mol. The van der Waals surface area contributed by atoms with Crippen molar-refractivity contribution in [2.45, 2.75) is 37.8 Å². The molecule has 0 spiro atoms. The number of hydrogen-bond donors (Lipinski definition) is 0. The Balaban J connectivity index is 1.56. The lowest BCUT2D eigenvalue weighted by Crippen LogP contribution is -2.54. The first kappa shape index (κ1) is 15.3. The fourth-order valence-corrected chi connectivity index (χ4v) is 3.70. The topological polar surface area (TPSA) is 47.4 Å². The number of fused-ring (bicyclic) bond motifs is 1. The Morgan fingerprint density at radius 3 is 3.00 bits per heavy atom. The van der Waals surface area contributed by atoms with Crippen LogP contribution in [0, 0.1) is 5.82 Å². The van der Waals surface area contributed by atoms with Crippen molar-refractivity contribution in [1.82, 2.24) is 14.7 Å². The summed E-state index contributed by atoms with van der Waals surface area (Å²) in [5, 5.41) is 4.35. The average Bonchev–Trinajstić information content (AvgIpc) is 3.11. The Bertz CT molecular complexity index is 743. The van der Waals surface area contributed by atoms with E-state index in [-0.39, 0.29) is 23.9 Å². The van der Waals surface area contributed by atoms with Crippen LogP contribution in [0.5, 0.6) is 0 Å². The molecular formula is C18H20FN3O2. The first-order chi connectivity index (χ1) is 11.7. The smallest absolute Gasteiger partial charge is 0.274 e. The molecule has 1 saturated heterocycles. The summed E-state index contributed by atoms with van der Waals surface area (Å²) in [6, 6.07) is 8.02. The third-order valence-corrected chi connectivity index (χ3v) is 4.87. The molecule has 5 nitrogen and oxygen atoms in total. The van der Waals surface area contributed by atoms with Crippen LogP contribution in [-0.4, -0.2) is 45.9 Å². The van der Waals surface area contributed by atoms with E-state index in [0.717, 1.165) is 25.7 Å². The molecule has 0 radical (unpaired) electrons. The molecule has 1 aliphatic heterocycles. The molecule has 0 N–H and O–H groups in total. The van der Waals surface area contributed by atoms with Gasteiger partial charge in [0, 0.05) is 12.7 Å². The summed E-state index contributed by atoms with van der Waals surface area (Å²) in [7, 11) is 0. The molecule has 1 aliphatic carbocycles. The van der Waals surface area contributed by atoms with Crippen LogP contribution in [0.15, 0.2) is 36.5 Å². The Morgan fingerprint density at radius 2 is 2.12 bits per heavy atom. The van der Waals surface area contributed by atoms with Crippen LogP contribution in [-0.2, 0) is 4.74 Å². The van der Waals surface area contributed by atoms with Crippen molar-refractivity contribution in [1.29, 1.82) is 0 Å². The lowest BCUT2D eigenvalue weighted by Gasteiger charge is -2.43. The highest BCUT2D eigenvalue weighted by atomic mass is 19.1. The van der Waals surface area contributed by atoms with Gasteiger partial charge in [-0.25, -0.2) is 9.07 Å². The highest BCUT2D eigenvalue weighted by molar-refractivity contribution is 5.92. The molecule has 2 aliphatic rings. The number of benzene rings is 1. The van der Waals surface area contributed by atoms with Crippen molar-refractivity contribution < 1.29 is 13.9 Å². The number of amides is 1. The molecule has 4 rings (SSSR count). The zero-order chi connectivity index (χ0) is 16.5. The zero-order valence-electron chi connectivity index (χ0n) is 13.4. The van der Waals surface area contributed by atoms with Crippen molar-refractivity contribution in [3.63, 3.8) is 0 Å². The summed E-state index contributed by atoms with van der Waals surface area (Å²) < 4.78 is 20.7. The number of carbonyl (C=O) groups excluding carboxylic acids is 1. The van der Waals surface area contributed by atoms with Gasteiger partial charge in [0.1, 0.15) is 5.82 Å². The average molecular weight is 329 g/mol. The number of halogens is 1. The first-order valence-electron chi connectivity index (χ1n) is 8.46. The summed E-state index contributed by atoms with van der Waals surface area (Å²) in [4.78, 5) is 14.8. The van der Waals surface area contributed by atoms with Crippen LogP contribution in [0.3, 0.4) is 0 Å². The summed E-state index contributed by atoms with van der Waals surface area (Å²) in [6.07, 6.45) is 6.15. The van der Waals surface area contributed by atoms with E-state index in [0.29, 0.717) is 24.5 Å². The van der Waals surface area contributed by atoms with Gasteiger partial charge in [-0.05, 0) is 37.1 Å². The van der Waals surface area contributed by atoms with E-state index in [1.54, 1.807) is 24.4 Å². The molecule has 2 aromatic rings. The minimum Gasteiger partial charge on any atom is -0.374 e. The minimum absolute atomic E-state index is 0.0645. The fourth-order valence-electron chi connectivity index (χ4n) is 3.70. The van der Waals surface area contributed by atoms with Gasteiger partial charge >= 0.3 is 0 Å². The van der Waals surface area contributed by atoms with E-state index in [9.17, 15) is 9.18 Å². The van der Waals surface area contributed by atoms with Gasteiger partial charge in [0.05, 0.1) is 24.4 Å². The number of carbonyl (C=O) groups is 1. The van der Waals surface area contributed by atoms with Crippen LogP contribution < -0.4 is 0 Å². The number of aromatic nitrogens is 2. The van der Waals surface area contributed by atoms with Crippen molar-refractivity contribution in [3.05, 3.63) is 48.0 Å². The van der Waals surface area contributed by atoms with Gasteiger partial charge in [-0.2, -0.15) is 5.10 Å². The van der Waals surface area contributed by atoms with Crippen molar-refractivity contribution in [2.24, 2.45) is 0 Å². The Kier molecular flexibility index (Phi) is 4.06. The first-order valence-corrected chi connectivity index (χ1v) is 8.46. The van der Waals surface area contributed by atoms with Gasteiger partial charge in [-0.1, -0.05) is 18.9 Å². The highest BCUT2D eigenvalue weighted by Crippen LogP contribution is 2.29. The number of nitrogens with zero attached hydrogens (tertiary/aromatic N) is 3. The third kappa shape index (κ3) is 2.82. The summed E-state index contributed by atoms with van der Waals surface area (Å²) in [6.45, 7) is 1.18. The molecule has 1 aromatic heterocycles. The van der Waals surface area contributed by atoms with Crippen LogP contribution in [0.1, 0.15) is 36.2 Å². The molecule has 1 amide bonds. The minimum atomic E-state index is -0.325.